The molecule has 3 nitrogen and oxygen atoms in total. The zero-order valence-electron chi connectivity index (χ0n) is 41.5. The zero-order valence-corrected chi connectivity index (χ0v) is 37.9. The third kappa shape index (κ3) is 8.30. The molecule has 10 rings (SSSR count). The van der Waals surface area contributed by atoms with E-state index in [0.29, 0.717) is 22.4 Å². The van der Waals surface area contributed by atoms with Crippen molar-refractivity contribution in [2.75, 3.05) is 0 Å². The van der Waals surface area contributed by atoms with Crippen LogP contribution in [0.1, 0.15) is 98.5 Å². The van der Waals surface area contributed by atoms with Gasteiger partial charge in [0.05, 0.1) is 11.0 Å². The van der Waals surface area contributed by atoms with E-state index in [1.165, 1.54) is 44.2 Å². The second kappa shape index (κ2) is 16.0. The van der Waals surface area contributed by atoms with Gasteiger partial charge >= 0.3 is 0 Å². The summed E-state index contributed by atoms with van der Waals surface area (Å²) in [4.78, 5) is 9.24. The van der Waals surface area contributed by atoms with Crippen molar-refractivity contribution < 1.29 is 28.3 Å². The van der Waals surface area contributed by atoms with Crippen molar-refractivity contribution in [1.29, 1.82) is 0 Å². The van der Waals surface area contributed by atoms with Gasteiger partial charge in [0.1, 0.15) is 0 Å². The Morgan fingerprint density at radius 2 is 1.47 bits per heavy atom. The van der Waals surface area contributed by atoms with Gasteiger partial charge in [0.15, 0.2) is 0 Å². The number of aromatic nitrogens is 3. The second-order valence-electron chi connectivity index (χ2n) is 18.9. The van der Waals surface area contributed by atoms with Crippen molar-refractivity contribution in [2.24, 2.45) is 16.2 Å². The summed E-state index contributed by atoms with van der Waals surface area (Å²) < 4.78 is 52.4. The molecular formula is C56H55IrN3-2. The fourth-order valence-electron chi connectivity index (χ4n) is 9.69. The monoisotopic (exact) mass is 968 g/mol. The van der Waals surface area contributed by atoms with E-state index in [-0.39, 0.29) is 36.5 Å². The number of aryl methyl sites for hydroxylation is 1. The van der Waals surface area contributed by atoms with Gasteiger partial charge < -0.3 is 14.4 Å². The van der Waals surface area contributed by atoms with E-state index in [0.717, 1.165) is 41.6 Å². The Balaban J connectivity index is 0.000000182. The Morgan fingerprint density at radius 1 is 0.733 bits per heavy atom. The summed E-state index contributed by atoms with van der Waals surface area (Å²) in [5.41, 5.74) is 9.93. The molecule has 5 aromatic carbocycles. The molecule has 1 saturated carbocycles. The fourth-order valence-corrected chi connectivity index (χ4v) is 9.69. The normalized spacial score (nSPS) is 17.7. The van der Waals surface area contributed by atoms with Gasteiger partial charge in [0.25, 0.3) is 0 Å². The summed E-state index contributed by atoms with van der Waals surface area (Å²) in [6, 6.07) is 46.2. The number of hydrogen-bond acceptors (Lipinski definition) is 2. The number of nitrogens with zero attached hydrogens (tertiary/aromatic N) is 3. The van der Waals surface area contributed by atoms with E-state index in [1.807, 2.05) is 75.5 Å². The number of benzene rings is 5. The molecule has 0 saturated heterocycles. The smallest absolute Gasteiger partial charge is 0.0620 e. The molecule has 305 valence electrons. The Hall–Kier alpha value is -5.15. The van der Waals surface area contributed by atoms with Crippen LogP contribution in [0.25, 0.3) is 71.7 Å². The Morgan fingerprint density at radius 3 is 2.15 bits per heavy atom. The molecule has 0 unspecified atom stereocenters. The Kier molecular flexibility index (Phi) is 9.23. The van der Waals surface area contributed by atoms with Crippen LogP contribution < -0.4 is 0 Å². The first-order chi connectivity index (χ1) is 30.6. The minimum Gasteiger partial charge on any atom is -0.309 e. The van der Waals surface area contributed by atoms with Crippen LogP contribution in [0.3, 0.4) is 0 Å². The van der Waals surface area contributed by atoms with Gasteiger partial charge in [-0.1, -0.05) is 134 Å². The topological polar surface area (TPSA) is 30.2 Å². The molecule has 0 aliphatic heterocycles. The maximum Gasteiger partial charge on any atom is 0.0620 e. The van der Waals surface area contributed by atoms with Crippen LogP contribution in [0.15, 0.2) is 134 Å². The summed E-state index contributed by atoms with van der Waals surface area (Å²) in [6.45, 7) is 12.6. The third-order valence-electron chi connectivity index (χ3n) is 11.5. The Labute approximate surface area is 378 Å². The molecule has 0 atom stereocenters. The van der Waals surface area contributed by atoms with E-state index < -0.39 is 24.5 Å². The van der Waals surface area contributed by atoms with Gasteiger partial charge in [-0.2, -0.15) is 0 Å². The first-order valence-electron chi connectivity index (χ1n) is 23.7. The summed E-state index contributed by atoms with van der Waals surface area (Å²) in [6.07, 6.45) is 4.99. The maximum absolute atomic E-state index is 9.64. The summed E-state index contributed by atoms with van der Waals surface area (Å²) in [7, 11) is 0. The molecule has 60 heavy (non-hydrogen) atoms. The van der Waals surface area contributed by atoms with Crippen LogP contribution >= 0.6 is 0 Å². The van der Waals surface area contributed by atoms with Crippen molar-refractivity contribution in [2.45, 2.75) is 86.8 Å². The molecular weight excluding hydrogens is 907 g/mol. The third-order valence-corrected chi connectivity index (χ3v) is 11.5. The SMILES string of the molecule is [2H]C([2H])([2H])c1c[c-]c(-c2ccc(C([2H])([2H])C(C)(C)C)cn2)cc1-c1ccccc1.[2H]C1(c2ccc3c(c2)c2cccc4c5cnc(-c6[c-]cccc6)cc5n3c24)CC(C)(C)CC(C)(C)C1.[Ir]. The minimum atomic E-state index is -2.25. The molecule has 0 spiro atoms. The largest absolute Gasteiger partial charge is 0.309 e. The first-order valence-corrected chi connectivity index (χ1v) is 20.7. The van der Waals surface area contributed by atoms with Crippen molar-refractivity contribution in [1.82, 2.24) is 14.4 Å². The number of pyridine rings is 2. The standard InChI is InChI=1S/C33H31N2.C23H24N.Ir/c1-32(2)17-23(18-33(3,4)20-32)22-13-14-29-26(15-22)24-11-8-12-25-27-19-34-28(21-9-6-5-7-10-21)16-30(27)35(29)31(24)25;1-17-10-12-20(14-21(17)19-8-6-5-7-9-19)22-13-11-18(16-24-22)15-23(2,3)4;/h5-9,11-16,19,23H,17-18,20H2,1-4H3;5-11,13-14,16H,15H2,1-4H3;/q2*-1;/i23D;1D3,15D2;. The number of para-hydroxylation sites is 1. The van der Waals surface area contributed by atoms with E-state index in [2.05, 4.69) is 97.7 Å². The predicted molar refractivity (Wildman–Crippen MR) is 249 cm³/mol. The number of fused-ring (bicyclic) bond motifs is 6. The van der Waals surface area contributed by atoms with Gasteiger partial charge in [0, 0.05) is 67.8 Å². The molecule has 1 aliphatic carbocycles. The van der Waals surface area contributed by atoms with Crippen LogP contribution in [-0.2, 0) is 26.5 Å². The predicted octanol–water partition coefficient (Wildman–Crippen LogP) is 15.1. The molecule has 4 heteroatoms. The second-order valence-corrected chi connectivity index (χ2v) is 18.9. The molecule has 4 aromatic heterocycles. The zero-order chi connectivity index (χ0) is 46.3. The summed E-state index contributed by atoms with van der Waals surface area (Å²) in [5, 5.41) is 4.91. The average molecular weight is 968 g/mol. The molecule has 9 aromatic rings. The van der Waals surface area contributed by atoms with E-state index in [9.17, 15) is 1.37 Å². The number of hydrogen-bond donors (Lipinski definition) is 0. The van der Waals surface area contributed by atoms with Crippen LogP contribution in [0.5, 0.6) is 0 Å². The molecule has 1 aliphatic rings. The molecule has 0 bridgehead atoms. The number of rotatable bonds is 5. The van der Waals surface area contributed by atoms with E-state index >= 15 is 0 Å². The van der Waals surface area contributed by atoms with Gasteiger partial charge in [0.2, 0.25) is 0 Å². The average Bonchev–Trinajstić information content (AvgIpc) is 3.77. The van der Waals surface area contributed by atoms with Gasteiger partial charge in [-0.15, -0.1) is 65.2 Å². The molecule has 1 fully saturated rings. The van der Waals surface area contributed by atoms with E-state index in [4.69, 9.17) is 11.8 Å². The Bertz CT molecular complexity index is 3170. The minimum absolute atomic E-state index is 0. The summed E-state index contributed by atoms with van der Waals surface area (Å²) in [5.74, 6) is -0.576. The van der Waals surface area contributed by atoms with Crippen LogP contribution in [-0.4, -0.2) is 14.4 Å². The van der Waals surface area contributed by atoms with Gasteiger partial charge in [-0.05, 0) is 88.0 Å². The quantitative estimate of drug-likeness (QED) is 0.161. The molecule has 0 amide bonds. The first kappa shape index (κ1) is 34.5. The van der Waals surface area contributed by atoms with Crippen molar-refractivity contribution >= 4 is 38.1 Å². The van der Waals surface area contributed by atoms with Crippen molar-refractivity contribution in [3.05, 3.63) is 163 Å². The van der Waals surface area contributed by atoms with Crippen molar-refractivity contribution in [3.8, 4) is 33.6 Å². The van der Waals surface area contributed by atoms with Gasteiger partial charge in [-0.3, -0.25) is 0 Å². The van der Waals surface area contributed by atoms with E-state index in [1.54, 1.807) is 24.4 Å². The summed E-state index contributed by atoms with van der Waals surface area (Å²) >= 11 is 0. The van der Waals surface area contributed by atoms with Crippen LogP contribution in [0.2, 0.25) is 0 Å². The fraction of sp³-hybridized carbons (Fsp3) is 0.286. The molecule has 0 N–H and O–H groups in total. The molecule has 4 heterocycles. The van der Waals surface area contributed by atoms with Crippen molar-refractivity contribution in [3.63, 3.8) is 0 Å². The van der Waals surface area contributed by atoms with Crippen LogP contribution in [0, 0.1) is 35.2 Å². The molecule has 1 radical (unpaired) electrons. The maximum atomic E-state index is 9.64. The van der Waals surface area contributed by atoms with Crippen LogP contribution in [0.4, 0.5) is 0 Å². The van der Waals surface area contributed by atoms with Gasteiger partial charge in [-0.25, -0.2) is 0 Å².